The number of benzene rings is 3. The summed E-state index contributed by atoms with van der Waals surface area (Å²) in [5.74, 6) is -1.17. The highest BCUT2D eigenvalue weighted by Gasteiger charge is 2.11. The normalized spacial score (nSPS) is 10.8. The van der Waals surface area contributed by atoms with Gasteiger partial charge in [0.05, 0.1) is 5.56 Å². The SMILES string of the molecule is N#C/C(=C/c1cccc(OCc2ccc(Cl)cc2)c1)C(=O)Nc1cccc(C(=O)O)c1. The first kappa shape index (κ1) is 21.6. The third kappa shape index (κ3) is 6.20. The Kier molecular flexibility index (Phi) is 7.05. The molecule has 3 aromatic rings. The summed E-state index contributed by atoms with van der Waals surface area (Å²) >= 11 is 5.88. The highest BCUT2D eigenvalue weighted by Crippen LogP contribution is 2.19. The molecule has 0 unspecified atom stereocenters. The molecule has 0 aliphatic rings. The lowest BCUT2D eigenvalue weighted by molar-refractivity contribution is -0.112. The highest BCUT2D eigenvalue weighted by molar-refractivity contribution is 6.30. The number of carboxylic acids is 1. The molecule has 6 nitrogen and oxygen atoms in total. The number of nitrogens with one attached hydrogen (secondary N) is 1. The van der Waals surface area contributed by atoms with Gasteiger partial charge in [-0.25, -0.2) is 4.79 Å². The molecular formula is C24H17ClN2O4. The number of carboxylic acid groups (broad SMARTS) is 1. The maximum atomic E-state index is 12.5. The van der Waals surface area contributed by atoms with Crippen LogP contribution in [0.3, 0.4) is 0 Å². The summed E-state index contributed by atoms with van der Waals surface area (Å²) in [6, 6.07) is 21.9. The number of nitriles is 1. The van der Waals surface area contributed by atoms with Gasteiger partial charge >= 0.3 is 5.97 Å². The largest absolute Gasteiger partial charge is 0.489 e. The number of rotatable bonds is 7. The maximum Gasteiger partial charge on any atom is 0.335 e. The number of amides is 1. The van der Waals surface area contributed by atoms with E-state index in [-0.39, 0.29) is 16.8 Å². The van der Waals surface area contributed by atoms with Gasteiger partial charge in [-0.15, -0.1) is 0 Å². The number of carbonyl (C=O) groups excluding carboxylic acids is 1. The van der Waals surface area contributed by atoms with Crippen molar-refractivity contribution >= 4 is 35.2 Å². The molecule has 3 aromatic carbocycles. The minimum atomic E-state index is -1.11. The van der Waals surface area contributed by atoms with E-state index in [0.717, 1.165) is 5.56 Å². The molecule has 0 fully saturated rings. The predicted molar refractivity (Wildman–Crippen MR) is 118 cm³/mol. The van der Waals surface area contributed by atoms with Crippen molar-refractivity contribution in [3.63, 3.8) is 0 Å². The lowest BCUT2D eigenvalue weighted by Gasteiger charge is -2.08. The topological polar surface area (TPSA) is 99.4 Å². The second-order valence-electron chi connectivity index (χ2n) is 6.50. The summed E-state index contributed by atoms with van der Waals surface area (Å²) in [7, 11) is 0. The first-order valence-corrected chi connectivity index (χ1v) is 9.56. The van der Waals surface area contributed by atoms with E-state index in [9.17, 15) is 14.9 Å². The molecular weight excluding hydrogens is 416 g/mol. The summed E-state index contributed by atoms with van der Waals surface area (Å²) in [6.45, 7) is 0.343. The minimum Gasteiger partial charge on any atom is -0.489 e. The van der Waals surface area contributed by atoms with Crippen LogP contribution >= 0.6 is 11.6 Å². The Hall–Kier alpha value is -4.08. The van der Waals surface area contributed by atoms with E-state index >= 15 is 0 Å². The third-order valence-electron chi connectivity index (χ3n) is 4.22. The van der Waals surface area contributed by atoms with Crippen molar-refractivity contribution < 1.29 is 19.4 Å². The molecule has 0 aliphatic heterocycles. The molecule has 31 heavy (non-hydrogen) atoms. The van der Waals surface area contributed by atoms with Crippen LogP contribution in [0.25, 0.3) is 6.08 Å². The van der Waals surface area contributed by atoms with Crippen LogP contribution in [0.2, 0.25) is 5.02 Å². The summed E-state index contributed by atoms with van der Waals surface area (Å²) in [5.41, 5.74) is 1.75. The van der Waals surface area contributed by atoms with E-state index in [1.165, 1.54) is 24.3 Å². The van der Waals surface area contributed by atoms with Crippen molar-refractivity contribution in [1.82, 2.24) is 0 Å². The fraction of sp³-hybridized carbons (Fsp3) is 0.0417. The Morgan fingerprint density at radius 3 is 2.52 bits per heavy atom. The lowest BCUT2D eigenvalue weighted by atomic mass is 10.1. The van der Waals surface area contributed by atoms with Crippen LogP contribution in [0.1, 0.15) is 21.5 Å². The van der Waals surface area contributed by atoms with E-state index in [1.54, 1.807) is 42.5 Å². The molecule has 0 saturated heterocycles. The average molecular weight is 433 g/mol. The minimum absolute atomic E-state index is 0.0332. The number of aromatic carboxylic acids is 1. The van der Waals surface area contributed by atoms with Gasteiger partial charge in [-0.2, -0.15) is 5.26 Å². The van der Waals surface area contributed by atoms with Gasteiger partial charge in [-0.05, 0) is 59.7 Å². The monoisotopic (exact) mass is 432 g/mol. The van der Waals surface area contributed by atoms with E-state index in [2.05, 4.69) is 5.32 Å². The number of anilines is 1. The first-order chi connectivity index (χ1) is 14.9. The average Bonchev–Trinajstić information content (AvgIpc) is 2.77. The Bertz CT molecular complexity index is 1180. The number of carbonyl (C=O) groups is 2. The van der Waals surface area contributed by atoms with Gasteiger partial charge in [0.2, 0.25) is 0 Å². The van der Waals surface area contributed by atoms with Crippen molar-refractivity contribution in [2.24, 2.45) is 0 Å². The smallest absolute Gasteiger partial charge is 0.335 e. The Morgan fingerprint density at radius 1 is 1.06 bits per heavy atom. The molecule has 0 spiro atoms. The van der Waals surface area contributed by atoms with Gasteiger partial charge in [-0.1, -0.05) is 41.9 Å². The Balaban J connectivity index is 1.71. The lowest BCUT2D eigenvalue weighted by Crippen LogP contribution is -2.13. The maximum absolute atomic E-state index is 12.5. The second kappa shape index (κ2) is 10.1. The van der Waals surface area contributed by atoms with E-state index < -0.39 is 11.9 Å². The molecule has 0 atom stereocenters. The van der Waals surface area contributed by atoms with Crippen LogP contribution in [0.5, 0.6) is 5.75 Å². The highest BCUT2D eigenvalue weighted by atomic mass is 35.5. The number of halogens is 1. The number of ether oxygens (including phenoxy) is 1. The standard InChI is InChI=1S/C24H17ClN2O4/c25-20-9-7-16(8-10-20)15-31-22-6-1-3-17(12-22)11-19(14-26)23(28)27-21-5-2-4-18(13-21)24(29)30/h1-13H,15H2,(H,27,28)(H,29,30)/b19-11-. The number of hydrogen-bond donors (Lipinski definition) is 2. The summed E-state index contributed by atoms with van der Waals surface area (Å²) in [6.07, 6.45) is 1.44. The molecule has 154 valence electrons. The quantitative estimate of drug-likeness (QED) is 0.396. The van der Waals surface area contributed by atoms with Crippen LogP contribution in [-0.4, -0.2) is 17.0 Å². The summed E-state index contributed by atoms with van der Waals surface area (Å²) < 4.78 is 5.77. The third-order valence-corrected chi connectivity index (χ3v) is 4.47. The van der Waals surface area contributed by atoms with Gasteiger partial charge in [0.25, 0.3) is 5.91 Å². The predicted octanol–water partition coefficient (Wildman–Crippen LogP) is 5.16. The number of nitrogens with zero attached hydrogens (tertiary/aromatic N) is 1. The Labute approximate surface area is 184 Å². The van der Waals surface area contributed by atoms with Gasteiger partial charge in [0.1, 0.15) is 24.0 Å². The summed E-state index contributed by atoms with van der Waals surface area (Å²) in [5, 5.41) is 21.6. The summed E-state index contributed by atoms with van der Waals surface area (Å²) in [4.78, 5) is 23.5. The van der Waals surface area contributed by atoms with Crippen LogP contribution in [-0.2, 0) is 11.4 Å². The molecule has 7 heteroatoms. The van der Waals surface area contributed by atoms with E-state index in [1.807, 2.05) is 18.2 Å². The molecule has 2 N–H and O–H groups in total. The molecule has 3 rings (SSSR count). The zero-order valence-corrected chi connectivity index (χ0v) is 17.0. The van der Waals surface area contributed by atoms with Gasteiger partial charge < -0.3 is 15.2 Å². The Morgan fingerprint density at radius 2 is 1.81 bits per heavy atom. The molecule has 1 amide bonds. The van der Waals surface area contributed by atoms with Crippen molar-refractivity contribution in [1.29, 1.82) is 5.26 Å². The second-order valence-corrected chi connectivity index (χ2v) is 6.93. The zero-order chi connectivity index (χ0) is 22.2. The van der Waals surface area contributed by atoms with Crippen LogP contribution in [0.4, 0.5) is 5.69 Å². The molecule has 0 heterocycles. The van der Waals surface area contributed by atoms with Crippen molar-refractivity contribution in [2.75, 3.05) is 5.32 Å². The van der Waals surface area contributed by atoms with Crippen LogP contribution < -0.4 is 10.1 Å². The van der Waals surface area contributed by atoms with Crippen molar-refractivity contribution in [2.45, 2.75) is 6.61 Å². The molecule has 0 aromatic heterocycles. The van der Waals surface area contributed by atoms with Crippen molar-refractivity contribution in [3.8, 4) is 11.8 Å². The van der Waals surface area contributed by atoms with E-state index in [0.29, 0.717) is 22.9 Å². The first-order valence-electron chi connectivity index (χ1n) is 9.18. The molecule has 0 aliphatic carbocycles. The zero-order valence-electron chi connectivity index (χ0n) is 16.2. The number of hydrogen-bond acceptors (Lipinski definition) is 4. The van der Waals surface area contributed by atoms with Crippen LogP contribution in [0, 0.1) is 11.3 Å². The van der Waals surface area contributed by atoms with Crippen molar-refractivity contribution in [3.05, 3.63) is 100 Å². The molecule has 0 bridgehead atoms. The molecule has 0 radical (unpaired) electrons. The molecule has 0 saturated carbocycles. The van der Waals surface area contributed by atoms with Gasteiger partial charge in [0.15, 0.2) is 0 Å². The van der Waals surface area contributed by atoms with Gasteiger partial charge in [0, 0.05) is 10.7 Å². The van der Waals surface area contributed by atoms with Gasteiger partial charge in [-0.3, -0.25) is 4.79 Å². The van der Waals surface area contributed by atoms with Crippen LogP contribution in [0.15, 0.2) is 78.4 Å². The fourth-order valence-corrected chi connectivity index (χ4v) is 2.81. The van der Waals surface area contributed by atoms with E-state index in [4.69, 9.17) is 21.4 Å². The fourth-order valence-electron chi connectivity index (χ4n) is 2.69.